The minimum atomic E-state index is -2.08. The van der Waals surface area contributed by atoms with E-state index in [4.69, 9.17) is 15.3 Å². The van der Waals surface area contributed by atoms with Gasteiger partial charge < -0.3 is 8.85 Å². The predicted molar refractivity (Wildman–Crippen MR) is 87.0 cm³/mol. The third-order valence-corrected chi connectivity index (χ3v) is 6.51. The summed E-state index contributed by atoms with van der Waals surface area (Å²) >= 11 is 0. The molecule has 20 heavy (non-hydrogen) atoms. The maximum atomic E-state index is 5.59. The Hall–Kier alpha value is -1.18. The minimum Gasteiger partial charge on any atom is -0.398 e. The van der Waals surface area contributed by atoms with Crippen LogP contribution in [0.15, 0.2) is 0 Å². The monoisotopic (exact) mass is 290 g/mol. The molecule has 0 N–H and O–H groups in total. The Labute approximate surface area is 125 Å². The summed E-state index contributed by atoms with van der Waals surface area (Å²) in [5.74, 6) is 13.4. The lowest BCUT2D eigenvalue weighted by Gasteiger charge is -2.36. The Bertz CT molecular complexity index is 471. The number of hydrogen-bond acceptors (Lipinski definition) is 2. The second-order valence-corrected chi connectivity index (χ2v) is 10.0. The average molecular weight is 290 g/mol. The zero-order valence-corrected chi connectivity index (χ0v) is 14.8. The van der Waals surface area contributed by atoms with E-state index >= 15 is 0 Å². The van der Waals surface area contributed by atoms with Crippen LogP contribution in [-0.2, 0) is 8.85 Å². The number of rotatable bonds is 6. The molecule has 0 radical (unpaired) electrons. The van der Waals surface area contributed by atoms with Crippen molar-refractivity contribution in [1.82, 2.24) is 0 Å². The molecular weight excluding hydrogens is 264 g/mol. The van der Waals surface area contributed by atoms with Crippen LogP contribution in [0.3, 0.4) is 0 Å². The fraction of sp³-hybridized carbons (Fsp3) is 0.647. The van der Waals surface area contributed by atoms with Gasteiger partial charge in [-0.25, -0.2) is 0 Å². The fourth-order valence-electron chi connectivity index (χ4n) is 2.67. The highest BCUT2D eigenvalue weighted by atomic mass is 28.4. The highest BCUT2D eigenvalue weighted by Gasteiger charge is 2.39. The first-order valence-electron chi connectivity index (χ1n) is 6.68. The second-order valence-electron chi connectivity index (χ2n) is 6.59. The van der Waals surface area contributed by atoms with Gasteiger partial charge in [0.2, 0.25) is 0 Å². The Morgan fingerprint density at radius 1 is 1.00 bits per heavy atom. The van der Waals surface area contributed by atoms with E-state index in [1.165, 1.54) is 0 Å². The SMILES string of the molecule is C#CC#CC#CC(C)(C)CC(C)(C)C[Si](C)(OC)OC. The topological polar surface area (TPSA) is 18.5 Å². The lowest BCUT2D eigenvalue weighted by Crippen LogP contribution is -2.41. The molecule has 0 unspecified atom stereocenters. The minimum absolute atomic E-state index is 0.0880. The molecule has 0 aliphatic carbocycles. The Morgan fingerprint density at radius 2 is 1.55 bits per heavy atom. The van der Waals surface area contributed by atoms with Crippen molar-refractivity contribution in [1.29, 1.82) is 0 Å². The summed E-state index contributed by atoms with van der Waals surface area (Å²) in [6.45, 7) is 10.8. The van der Waals surface area contributed by atoms with Gasteiger partial charge in [-0.05, 0) is 62.0 Å². The molecule has 0 saturated carbocycles. The van der Waals surface area contributed by atoms with Crippen molar-refractivity contribution in [2.75, 3.05) is 14.2 Å². The molecule has 0 aromatic carbocycles. The van der Waals surface area contributed by atoms with Gasteiger partial charge in [0, 0.05) is 19.6 Å². The molecule has 0 amide bonds. The summed E-state index contributed by atoms with van der Waals surface area (Å²) in [6, 6.07) is 0.925. The fourth-order valence-corrected chi connectivity index (χ4v) is 4.99. The van der Waals surface area contributed by atoms with Gasteiger partial charge in [-0.3, -0.25) is 0 Å². The molecule has 0 fully saturated rings. The molecule has 0 bridgehead atoms. The van der Waals surface area contributed by atoms with Crippen molar-refractivity contribution in [3.8, 4) is 36.0 Å². The van der Waals surface area contributed by atoms with Crippen LogP contribution in [-0.4, -0.2) is 22.8 Å². The molecule has 0 rings (SSSR count). The second kappa shape index (κ2) is 7.56. The average Bonchev–Trinajstić information content (AvgIpc) is 2.32. The molecule has 0 saturated heterocycles. The van der Waals surface area contributed by atoms with Crippen molar-refractivity contribution in [3.05, 3.63) is 0 Å². The molecule has 0 aromatic heterocycles. The van der Waals surface area contributed by atoms with Gasteiger partial charge >= 0.3 is 8.56 Å². The van der Waals surface area contributed by atoms with Crippen LogP contribution >= 0.6 is 0 Å². The summed E-state index contributed by atoms with van der Waals surface area (Å²) in [5.41, 5.74) is -0.0334. The van der Waals surface area contributed by atoms with Gasteiger partial charge in [-0.2, -0.15) is 0 Å². The molecule has 110 valence electrons. The van der Waals surface area contributed by atoms with E-state index in [0.29, 0.717) is 0 Å². The lowest BCUT2D eigenvalue weighted by molar-refractivity contribution is 0.203. The van der Waals surface area contributed by atoms with Gasteiger partial charge in [0.05, 0.1) is 0 Å². The third kappa shape index (κ3) is 7.42. The molecule has 3 heteroatoms. The van der Waals surface area contributed by atoms with Crippen LogP contribution in [0, 0.1) is 46.9 Å². The van der Waals surface area contributed by atoms with E-state index in [9.17, 15) is 0 Å². The van der Waals surface area contributed by atoms with Crippen LogP contribution in [0.1, 0.15) is 34.1 Å². The van der Waals surface area contributed by atoms with Gasteiger partial charge in [-0.15, -0.1) is 6.42 Å². The molecule has 0 atom stereocenters. The maximum absolute atomic E-state index is 5.59. The Morgan fingerprint density at radius 3 is 2.00 bits per heavy atom. The van der Waals surface area contributed by atoms with Gasteiger partial charge in [0.15, 0.2) is 0 Å². The van der Waals surface area contributed by atoms with E-state index < -0.39 is 8.56 Å². The molecular formula is C17H26O2Si. The molecule has 0 aliphatic rings. The molecule has 0 spiro atoms. The summed E-state index contributed by atoms with van der Waals surface area (Å²) in [7, 11) is 1.38. The van der Waals surface area contributed by atoms with Crippen LogP contribution in [0.25, 0.3) is 0 Å². The first-order chi connectivity index (χ1) is 9.10. The molecule has 0 aromatic rings. The van der Waals surface area contributed by atoms with E-state index in [1.807, 2.05) is 0 Å². The standard InChI is InChI=1S/C17H26O2Si/c1-9-10-11-12-13-16(2,3)14-17(4,5)15-20(8,18-6)19-7/h1H,14-15H2,2-8H3. The van der Waals surface area contributed by atoms with E-state index in [2.05, 4.69) is 63.8 Å². The lowest BCUT2D eigenvalue weighted by atomic mass is 9.76. The maximum Gasteiger partial charge on any atom is 0.334 e. The third-order valence-electron chi connectivity index (χ3n) is 3.18. The van der Waals surface area contributed by atoms with Crippen molar-refractivity contribution in [2.24, 2.45) is 10.8 Å². The smallest absolute Gasteiger partial charge is 0.334 e. The highest BCUT2D eigenvalue weighted by Crippen LogP contribution is 2.39. The van der Waals surface area contributed by atoms with Crippen molar-refractivity contribution in [2.45, 2.75) is 46.7 Å². The number of terminal acetylenes is 1. The largest absolute Gasteiger partial charge is 0.398 e. The molecule has 0 heterocycles. The van der Waals surface area contributed by atoms with E-state index in [-0.39, 0.29) is 10.8 Å². The predicted octanol–water partition coefficient (Wildman–Crippen LogP) is 3.43. The van der Waals surface area contributed by atoms with E-state index in [0.717, 1.165) is 12.5 Å². The summed E-state index contributed by atoms with van der Waals surface area (Å²) < 4.78 is 11.2. The van der Waals surface area contributed by atoms with Gasteiger partial charge in [0.25, 0.3) is 0 Å². The zero-order valence-electron chi connectivity index (χ0n) is 13.8. The summed E-state index contributed by atoms with van der Waals surface area (Å²) in [4.78, 5) is 0. The van der Waals surface area contributed by atoms with Crippen molar-refractivity contribution in [3.63, 3.8) is 0 Å². The van der Waals surface area contributed by atoms with Gasteiger partial charge in [0.1, 0.15) is 0 Å². The molecule has 2 nitrogen and oxygen atoms in total. The first kappa shape index (κ1) is 18.8. The van der Waals surface area contributed by atoms with Crippen molar-refractivity contribution < 1.29 is 8.85 Å². The molecule has 0 aliphatic heterocycles. The zero-order chi connectivity index (χ0) is 15.9. The Kier molecular flexibility index (Phi) is 7.11. The van der Waals surface area contributed by atoms with Crippen LogP contribution in [0.4, 0.5) is 0 Å². The highest BCUT2D eigenvalue weighted by molar-refractivity contribution is 6.66. The summed E-state index contributed by atoms with van der Waals surface area (Å²) in [6.07, 6.45) is 6.01. The quantitative estimate of drug-likeness (QED) is 0.551. The Balaban J connectivity index is 4.89. The van der Waals surface area contributed by atoms with E-state index in [1.54, 1.807) is 14.2 Å². The van der Waals surface area contributed by atoms with Crippen LogP contribution < -0.4 is 0 Å². The number of hydrogen-bond donors (Lipinski definition) is 0. The van der Waals surface area contributed by atoms with Crippen LogP contribution in [0.2, 0.25) is 12.6 Å². The normalized spacial score (nSPS) is 11.7. The van der Waals surface area contributed by atoms with Gasteiger partial charge in [-0.1, -0.05) is 19.8 Å². The van der Waals surface area contributed by atoms with Crippen LogP contribution in [0.5, 0.6) is 0 Å². The first-order valence-corrected chi connectivity index (χ1v) is 9.20. The van der Waals surface area contributed by atoms with Crippen molar-refractivity contribution >= 4 is 8.56 Å². The summed E-state index contributed by atoms with van der Waals surface area (Å²) in [5, 5.41) is 0.